The van der Waals surface area contributed by atoms with Crippen LogP contribution in [-0.2, 0) is 5.41 Å². The van der Waals surface area contributed by atoms with Crippen LogP contribution in [-0.4, -0.2) is 15.0 Å². The number of rotatable bonds is 7. The van der Waals surface area contributed by atoms with Crippen molar-refractivity contribution in [3.63, 3.8) is 0 Å². The molecule has 3 nitrogen and oxygen atoms in total. The average molecular weight is 730 g/mol. The molecule has 270 valence electrons. The molecular formula is C54H39N3. The zero-order valence-electron chi connectivity index (χ0n) is 31.9. The standard InChI is InChI=1S/C54H39N3/c1-36-16-9-12-24-47(36)54(49-25-13-10-21-45(49)46-22-11-14-26-50(46)54)48-27-15-23-44(37(48)2)40-30-34-43(35-31-40)53-56-51(41-19-7-4-8-20-41)55-52(57-53)42-32-28-39(29-33-42)38-17-5-3-6-18-38/h3-35H,1-2H3. The maximum atomic E-state index is 5.06. The lowest BCUT2D eigenvalue weighted by Gasteiger charge is -2.36. The third-order valence-electron chi connectivity index (χ3n) is 11.6. The summed E-state index contributed by atoms with van der Waals surface area (Å²) >= 11 is 0. The molecule has 0 atom stereocenters. The molecule has 3 heteroatoms. The average Bonchev–Trinajstić information content (AvgIpc) is 3.58. The largest absolute Gasteiger partial charge is 0.208 e. The van der Waals surface area contributed by atoms with Gasteiger partial charge in [0.1, 0.15) is 0 Å². The highest BCUT2D eigenvalue weighted by atomic mass is 15.0. The number of fused-ring (bicyclic) bond motifs is 3. The van der Waals surface area contributed by atoms with Gasteiger partial charge < -0.3 is 0 Å². The molecule has 1 heterocycles. The minimum absolute atomic E-state index is 0.465. The van der Waals surface area contributed by atoms with Gasteiger partial charge >= 0.3 is 0 Å². The molecule has 0 amide bonds. The summed E-state index contributed by atoms with van der Waals surface area (Å²) in [7, 11) is 0. The highest BCUT2D eigenvalue weighted by Crippen LogP contribution is 2.57. The second-order valence-electron chi connectivity index (χ2n) is 14.8. The molecular weight excluding hydrogens is 691 g/mol. The molecule has 10 rings (SSSR count). The summed E-state index contributed by atoms with van der Waals surface area (Å²) < 4.78 is 0. The van der Waals surface area contributed by atoms with Crippen molar-refractivity contribution >= 4 is 0 Å². The first-order valence-electron chi connectivity index (χ1n) is 19.5. The quantitative estimate of drug-likeness (QED) is 0.164. The van der Waals surface area contributed by atoms with Gasteiger partial charge in [0.05, 0.1) is 5.41 Å². The Labute approximate surface area is 334 Å². The normalized spacial score (nSPS) is 12.5. The Hall–Kier alpha value is -7.23. The van der Waals surface area contributed by atoms with Crippen molar-refractivity contribution in [2.75, 3.05) is 0 Å². The van der Waals surface area contributed by atoms with Crippen LogP contribution in [0.1, 0.15) is 33.4 Å². The predicted octanol–water partition coefficient (Wildman–Crippen LogP) is 13.2. The van der Waals surface area contributed by atoms with Gasteiger partial charge in [0, 0.05) is 16.7 Å². The van der Waals surface area contributed by atoms with Crippen LogP contribution >= 0.6 is 0 Å². The molecule has 8 aromatic carbocycles. The number of hydrogen-bond donors (Lipinski definition) is 0. The maximum Gasteiger partial charge on any atom is 0.164 e. The van der Waals surface area contributed by atoms with Crippen LogP contribution < -0.4 is 0 Å². The summed E-state index contributed by atoms with van der Waals surface area (Å²) in [4.78, 5) is 15.1. The molecule has 0 aliphatic heterocycles. The van der Waals surface area contributed by atoms with Gasteiger partial charge in [-0.2, -0.15) is 0 Å². The molecule has 1 aliphatic carbocycles. The van der Waals surface area contributed by atoms with E-state index in [4.69, 9.17) is 15.0 Å². The Kier molecular flexibility index (Phi) is 8.49. The second kappa shape index (κ2) is 14.1. The Balaban J connectivity index is 1.08. The SMILES string of the molecule is Cc1ccccc1C1(c2cccc(-c3ccc(-c4nc(-c5ccccc5)nc(-c5ccc(-c6ccccc6)cc5)n4)cc3)c2C)c2ccccc2-c2ccccc21. The molecule has 0 unspecified atom stereocenters. The first-order chi connectivity index (χ1) is 28.1. The summed E-state index contributed by atoms with van der Waals surface area (Å²) in [5.41, 5.74) is 17.4. The topological polar surface area (TPSA) is 38.7 Å². The van der Waals surface area contributed by atoms with Crippen molar-refractivity contribution in [2.45, 2.75) is 19.3 Å². The minimum Gasteiger partial charge on any atom is -0.208 e. The summed E-state index contributed by atoms with van der Waals surface area (Å²) in [5, 5.41) is 0. The monoisotopic (exact) mass is 729 g/mol. The molecule has 0 radical (unpaired) electrons. The van der Waals surface area contributed by atoms with Gasteiger partial charge in [0.15, 0.2) is 17.5 Å². The fraction of sp³-hybridized carbons (Fsp3) is 0.0556. The molecule has 0 bridgehead atoms. The highest BCUT2D eigenvalue weighted by molar-refractivity contribution is 5.88. The lowest BCUT2D eigenvalue weighted by molar-refractivity contribution is 0.754. The van der Waals surface area contributed by atoms with Crippen molar-refractivity contribution in [3.8, 4) is 67.5 Å². The van der Waals surface area contributed by atoms with Crippen LogP contribution in [0.3, 0.4) is 0 Å². The summed E-state index contributed by atoms with van der Waals surface area (Å²) in [5.74, 6) is 1.93. The third-order valence-corrected chi connectivity index (χ3v) is 11.6. The molecule has 0 N–H and O–H groups in total. The first-order valence-corrected chi connectivity index (χ1v) is 19.5. The Morgan fingerprint density at radius 2 is 0.649 bits per heavy atom. The van der Waals surface area contributed by atoms with E-state index in [2.05, 4.69) is 178 Å². The van der Waals surface area contributed by atoms with Crippen LogP contribution in [0.2, 0.25) is 0 Å². The van der Waals surface area contributed by atoms with Crippen LogP contribution in [0.25, 0.3) is 67.5 Å². The summed E-state index contributed by atoms with van der Waals surface area (Å²) in [6.45, 7) is 4.53. The van der Waals surface area contributed by atoms with E-state index in [1.165, 1.54) is 55.6 Å². The van der Waals surface area contributed by atoms with Crippen molar-refractivity contribution < 1.29 is 0 Å². The molecule has 57 heavy (non-hydrogen) atoms. The molecule has 0 fully saturated rings. The fourth-order valence-corrected chi connectivity index (χ4v) is 8.90. The zero-order valence-corrected chi connectivity index (χ0v) is 31.9. The van der Waals surface area contributed by atoms with Crippen molar-refractivity contribution in [1.82, 2.24) is 15.0 Å². The molecule has 9 aromatic rings. The van der Waals surface area contributed by atoms with Gasteiger partial charge in [-0.25, -0.2) is 15.0 Å². The predicted molar refractivity (Wildman–Crippen MR) is 234 cm³/mol. The van der Waals surface area contributed by atoms with Crippen LogP contribution in [0.5, 0.6) is 0 Å². The molecule has 0 spiro atoms. The first kappa shape index (κ1) is 34.3. The van der Waals surface area contributed by atoms with Crippen LogP contribution in [0.15, 0.2) is 200 Å². The van der Waals surface area contributed by atoms with Crippen molar-refractivity contribution in [3.05, 3.63) is 234 Å². The Morgan fingerprint density at radius 3 is 1.19 bits per heavy atom. The fourth-order valence-electron chi connectivity index (χ4n) is 8.90. The number of aromatic nitrogens is 3. The van der Waals surface area contributed by atoms with E-state index in [1.807, 2.05) is 36.4 Å². The van der Waals surface area contributed by atoms with Crippen molar-refractivity contribution in [2.24, 2.45) is 0 Å². The van der Waals surface area contributed by atoms with E-state index < -0.39 is 5.41 Å². The van der Waals surface area contributed by atoms with Crippen molar-refractivity contribution in [1.29, 1.82) is 0 Å². The highest BCUT2D eigenvalue weighted by Gasteiger charge is 2.47. The zero-order chi connectivity index (χ0) is 38.3. The van der Waals surface area contributed by atoms with E-state index in [0.717, 1.165) is 27.8 Å². The number of aryl methyl sites for hydroxylation is 1. The van der Waals surface area contributed by atoms with Gasteiger partial charge in [-0.05, 0) is 80.6 Å². The van der Waals surface area contributed by atoms with Gasteiger partial charge in [0.2, 0.25) is 0 Å². The molecule has 1 aromatic heterocycles. The van der Waals surface area contributed by atoms with Gasteiger partial charge in [0.25, 0.3) is 0 Å². The number of benzene rings is 8. The molecule has 0 saturated carbocycles. The summed E-state index contributed by atoms with van der Waals surface area (Å²) in [6.07, 6.45) is 0. The van der Waals surface area contributed by atoms with Gasteiger partial charge in [-0.3, -0.25) is 0 Å². The second-order valence-corrected chi connectivity index (χ2v) is 14.8. The number of nitrogens with zero attached hydrogens (tertiary/aromatic N) is 3. The lowest BCUT2D eigenvalue weighted by atomic mass is 9.65. The summed E-state index contributed by atoms with van der Waals surface area (Å²) in [6, 6.07) is 71.3. The van der Waals surface area contributed by atoms with Gasteiger partial charge in [-0.15, -0.1) is 0 Å². The van der Waals surface area contributed by atoms with E-state index >= 15 is 0 Å². The Morgan fingerprint density at radius 1 is 0.281 bits per heavy atom. The van der Waals surface area contributed by atoms with E-state index in [-0.39, 0.29) is 0 Å². The lowest BCUT2D eigenvalue weighted by Crippen LogP contribution is -2.30. The maximum absolute atomic E-state index is 5.06. The molecule has 0 saturated heterocycles. The molecule has 1 aliphatic rings. The minimum atomic E-state index is -0.465. The van der Waals surface area contributed by atoms with E-state index in [0.29, 0.717) is 17.5 Å². The van der Waals surface area contributed by atoms with Crippen LogP contribution in [0, 0.1) is 13.8 Å². The van der Waals surface area contributed by atoms with E-state index in [9.17, 15) is 0 Å². The van der Waals surface area contributed by atoms with Gasteiger partial charge in [-0.1, -0.05) is 200 Å². The number of hydrogen-bond acceptors (Lipinski definition) is 3. The van der Waals surface area contributed by atoms with Crippen LogP contribution in [0.4, 0.5) is 0 Å². The Bertz CT molecular complexity index is 2850. The smallest absolute Gasteiger partial charge is 0.164 e. The third kappa shape index (κ3) is 5.79. The van der Waals surface area contributed by atoms with E-state index in [1.54, 1.807) is 0 Å².